The van der Waals surface area contributed by atoms with Crippen LogP contribution in [0.5, 0.6) is 0 Å². The molecule has 8 nitrogen and oxygen atoms in total. The van der Waals surface area contributed by atoms with Crippen LogP contribution in [0, 0.1) is 0 Å². The Kier molecular flexibility index (Phi) is 5.28. The molecule has 0 aromatic carbocycles. The van der Waals surface area contributed by atoms with Crippen molar-refractivity contribution in [1.29, 1.82) is 0 Å². The average Bonchev–Trinajstić information content (AvgIpc) is 3.26. The van der Waals surface area contributed by atoms with Crippen LogP contribution in [0.3, 0.4) is 0 Å². The number of carbonyl (C=O) groups excluding carboxylic acids is 1. The summed E-state index contributed by atoms with van der Waals surface area (Å²) in [7, 11) is 0. The molecule has 2 aromatic heterocycles. The lowest BCUT2D eigenvalue weighted by atomic mass is 10.0. The molecule has 8 heteroatoms. The highest BCUT2D eigenvalue weighted by Gasteiger charge is 2.36. The number of anilines is 1. The molecule has 0 saturated carbocycles. The second kappa shape index (κ2) is 7.60. The molecule has 1 fully saturated rings. The number of hydrogen-bond acceptors (Lipinski definition) is 6. The summed E-state index contributed by atoms with van der Waals surface area (Å²) in [6.07, 6.45) is 10.4. The van der Waals surface area contributed by atoms with E-state index in [0.717, 1.165) is 18.1 Å². The van der Waals surface area contributed by atoms with Crippen molar-refractivity contribution in [2.24, 2.45) is 0 Å². The van der Waals surface area contributed by atoms with Crippen molar-refractivity contribution in [2.45, 2.75) is 38.3 Å². The summed E-state index contributed by atoms with van der Waals surface area (Å²) in [5.41, 5.74) is -0.934. The van der Waals surface area contributed by atoms with E-state index in [0.29, 0.717) is 32.5 Å². The van der Waals surface area contributed by atoms with Crippen molar-refractivity contribution in [1.82, 2.24) is 24.8 Å². The third kappa shape index (κ3) is 4.33. The average molecular weight is 344 g/mol. The summed E-state index contributed by atoms with van der Waals surface area (Å²) in [5.74, 6) is 1.65. The van der Waals surface area contributed by atoms with Crippen molar-refractivity contribution >= 4 is 11.7 Å². The normalized spacial score (nSPS) is 20.0. The lowest BCUT2D eigenvalue weighted by Gasteiger charge is -2.24. The van der Waals surface area contributed by atoms with Gasteiger partial charge in [-0.15, -0.1) is 0 Å². The Balaban J connectivity index is 1.45. The highest BCUT2D eigenvalue weighted by atomic mass is 16.3. The van der Waals surface area contributed by atoms with Crippen LogP contribution in [0.4, 0.5) is 5.82 Å². The Morgan fingerprint density at radius 3 is 3.00 bits per heavy atom. The van der Waals surface area contributed by atoms with E-state index in [1.54, 1.807) is 24.8 Å². The number of aliphatic hydroxyl groups is 1. The van der Waals surface area contributed by atoms with Gasteiger partial charge in [0.05, 0.1) is 6.20 Å². The molecule has 134 valence electrons. The minimum atomic E-state index is -0.934. The Morgan fingerprint density at radius 1 is 1.36 bits per heavy atom. The molecule has 0 bridgehead atoms. The molecule has 1 saturated heterocycles. The van der Waals surface area contributed by atoms with Gasteiger partial charge in [0.2, 0.25) is 5.91 Å². The van der Waals surface area contributed by atoms with Gasteiger partial charge in [-0.05, 0) is 6.42 Å². The van der Waals surface area contributed by atoms with Gasteiger partial charge in [0.25, 0.3) is 0 Å². The van der Waals surface area contributed by atoms with Crippen LogP contribution < -0.4 is 10.2 Å². The number of hydrogen-bond donors (Lipinski definition) is 2. The highest BCUT2D eigenvalue weighted by Crippen LogP contribution is 2.24. The molecular weight excluding hydrogens is 320 g/mol. The summed E-state index contributed by atoms with van der Waals surface area (Å²) in [5, 5.41) is 13.5. The predicted octanol–water partition coefficient (Wildman–Crippen LogP) is 0.383. The predicted molar refractivity (Wildman–Crippen MR) is 93.0 cm³/mol. The largest absolute Gasteiger partial charge is 0.386 e. The molecule has 1 aliphatic heterocycles. The number of aryl methyl sites for hydroxylation is 2. The zero-order valence-electron chi connectivity index (χ0n) is 14.4. The maximum Gasteiger partial charge on any atom is 0.221 e. The van der Waals surface area contributed by atoms with Gasteiger partial charge in [-0.25, -0.2) is 9.97 Å². The molecule has 3 heterocycles. The fourth-order valence-electron chi connectivity index (χ4n) is 3.08. The highest BCUT2D eigenvalue weighted by molar-refractivity contribution is 5.75. The van der Waals surface area contributed by atoms with Gasteiger partial charge in [0.1, 0.15) is 17.2 Å². The van der Waals surface area contributed by atoms with Crippen molar-refractivity contribution < 1.29 is 9.90 Å². The van der Waals surface area contributed by atoms with Crippen LogP contribution in [0.1, 0.15) is 25.6 Å². The summed E-state index contributed by atoms with van der Waals surface area (Å²) < 4.78 is 1.99. The number of imidazole rings is 1. The van der Waals surface area contributed by atoms with Gasteiger partial charge in [0.15, 0.2) is 0 Å². The molecule has 1 amide bonds. The first kappa shape index (κ1) is 17.3. The van der Waals surface area contributed by atoms with E-state index in [2.05, 4.69) is 20.3 Å². The lowest BCUT2D eigenvalue weighted by Crippen LogP contribution is -2.45. The number of carbonyl (C=O) groups is 1. The van der Waals surface area contributed by atoms with Crippen LogP contribution >= 0.6 is 0 Å². The second-order valence-corrected chi connectivity index (χ2v) is 6.38. The summed E-state index contributed by atoms with van der Waals surface area (Å²) >= 11 is 0. The quantitative estimate of drug-likeness (QED) is 0.754. The maximum atomic E-state index is 12.1. The van der Waals surface area contributed by atoms with Crippen LogP contribution in [-0.2, 0) is 17.8 Å². The Labute approximate surface area is 146 Å². The lowest BCUT2D eigenvalue weighted by molar-refractivity contribution is -0.122. The molecule has 1 atom stereocenters. The van der Waals surface area contributed by atoms with Crippen LogP contribution in [-0.4, -0.2) is 55.8 Å². The SMILES string of the molecule is CCc1nccn1CCC(=O)NCC1(O)CCN(c2cnccn2)C1. The van der Waals surface area contributed by atoms with E-state index in [-0.39, 0.29) is 12.5 Å². The third-order valence-corrected chi connectivity index (χ3v) is 4.52. The van der Waals surface area contributed by atoms with Gasteiger partial charge in [-0.1, -0.05) is 6.92 Å². The van der Waals surface area contributed by atoms with E-state index in [1.807, 2.05) is 22.6 Å². The first-order valence-electron chi connectivity index (χ1n) is 8.60. The van der Waals surface area contributed by atoms with E-state index in [1.165, 1.54) is 0 Å². The molecule has 25 heavy (non-hydrogen) atoms. The molecule has 0 radical (unpaired) electrons. The Bertz CT molecular complexity index is 704. The molecule has 1 aliphatic rings. The zero-order valence-corrected chi connectivity index (χ0v) is 14.4. The number of rotatable bonds is 7. The van der Waals surface area contributed by atoms with Crippen molar-refractivity contribution in [3.63, 3.8) is 0 Å². The molecule has 0 spiro atoms. The minimum absolute atomic E-state index is 0.0675. The standard InChI is InChI=1S/C17H24N6O2/c1-2-14-20-7-10-22(14)8-3-16(24)21-12-17(25)4-9-23(13-17)15-11-18-5-6-19-15/h5-7,10-11,25H,2-4,8-9,12-13H2,1H3,(H,21,24). The Morgan fingerprint density at radius 2 is 2.24 bits per heavy atom. The van der Waals surface area contributed by atoms with Crippen molar-refractivity contribution in [3.8, 4) is 0 Å². The smallest absolute Gasteiger partial charge is 0.221 e. The van der Waals surface area contributed by atoms with Crippen molar-refractivity contribution in [3.05, 3.63) is 36.8 Å². The molecule has 1 unspecified atom stereocenters. The van der Waals surface area contributed by atoms with E-state index >= 15 is 0 Å². The number of nitrogens with one attached hydrogen (secondary N) is 1. The Hall–Kier alpha value is -2.48. The molecule has 2 N–H and O–H groups in total. The molecule has 3 rings (SSSR count). The number of β-amino-alcohol motifs (C(OH)–C–C–N with tert-alkyl or cyclic N) is 1. The van der Waals surface area contributed by atoms with Crippen LogP contribution in [0.2, 0.25) is 0 Å². The summed E-state index contributed by atoms with van der Waals surface area (Å²) in [4.78, 5) is 26.6. The topological polar surface area (TPSA) is 96.2 Å². The zero-order chi connectivity index (χ0) is 17.7. The van der Waals surface area contributed by atoms with Gasteiger partial charge < -0.3 is 19.9 Å². The van der Waals surface area contributed by atoms with Crippen LogP contribution in [0.15, 0.2) is 31.0 Å². The van der Waals surface area contributed by atoms with Crippen LogP contribution in [0.25, 0.3) is 0 Å². The van der Waals surface area contributed by atoms with Gasteiger partial charge in [-0.2, -0.15) is 0 Å². The minimum Gasteiger partial charge on any atom is -0.386 e. The van der Waals surface area contributed by atoms with Gasteiger partial charge in [-0.3, -0.25) is 9.78 Å². The molecule has 0 aliphatic carbocycles. The molecule has 2 aromatic rings. The number of amides is 1. The summed E-state index contributed by atoms with van der Waals surface area (Å²) in [6, 6.07) is 0. The maximum absolute atomic E-state index is 12.1. The molecular formula is C17H24N6O2. The van der Waals surface area contributed by atoms with Crippen molar-refractivity contribution in [2.75, 3.05) is 24.5 Å². The van der Waals surface area contributed by atoms with Gasteiger partial charge in [0, 0.05) is 63.8 Å². The van der Waals surface area contributed by atoms with Gasteiger partial charge >= 0.3 is 0 Å². The summed E-state index contributed by atoms with van der Waals surface area (Å²) in [6.45, 7) is 4.01. The first-order chi connectivity index (χ1) is 12.1. The number of aromatic nitrogens is 4. The fraction of sp³-hybridized carbons (Fsp3) is 0.529. The fourth-order valence-corrected chi connectivity index (χ4v) is 3.08. The van der Waals surface area contributed by atoms with E-state index in [4.69, 9.17) is 0 Å². The second-order valence-electron chi connectivity index (χ2n) is 6.38. The first-order valence-corrected chi connectivity index (χ1v) is 8.60. The number of nitrogens with zero attached hydrogens (tertiary/aromatic N) is 5. The van der Waals surface area contributed by atoms with E-state index < -0.39 is 5.60 Å². The monoisotopic (exact) mass is 344 g/mol. The van der Waals surface area contributed by atoms with E-state index in [9.17, 15) is 9.90 Å². The third-order valence-electron chi connectivity index (χ3n) is 4.52.